The van der Waals surface area contributed by atoms with Crippen LogP contribution in [0.4, 0.5) is 0 Å². The minimum atomic E-state index is -0.927. The van der Waals surface area contributed by atoms with Gasteiger partial charge in [0.25, 0.3) is 5.91 Å². The lowest BCUT2D eigenvalue weighted by molar-refractivity contribution is -0.137. The lowest BCUT2D eigenvalue weighted by Crippen LogP contribution is -2.40. The van der Waals surface area contributed by atoms with Gasteiger partial charge in [-0.2, -0.15) is 0 Å². The van der Waals surface area contributed by atoms with E-state index in [1.807, 2.05) is 13.8 Å². The standard InChI is InChI=1S/C15H21NO4/c1-4-16(5-2)15(19)11(3)20-13-9-7-6-8-12(13)10-14(17)18/h6-9,11H,4-5,10H2,1-3H3,(H,17,18). The van der Waals surface area contributed by atoms with Crippen LogP contribution in [0.15, 0.2) is 24.3 Å². The molecule has 0 radical (unpaired) electrons. The zero-order valence-electron chi connectivity index (χ0n) is 12.1. The maximum atomic E-state index is 12.1. The van der Waals surface area contributed by atoms with E-state index in [0.29, 0.717) is 24.4 Å². The van der Waals surface area contributed by atoms with Crippen LogP contribution in [0.5, 0.6) is 5.75 Å². The molecule has 5 heteroatoms. The van der Waals surface area contributed by atoms with Crippen molar-refractivity contribution in [2.45, 2.75) is 33.3 Å². The van der Waals surface area contributed by atoms with Crippen LogP contribution in [0.3, 0.4) is 0 Å². The highest BCUT2D eigenvalue weighted by Crippen LogP contribution is 2.20. The molecule has 0 saturated heterocycles. The average Bonchev–Trinajstić information content (AvgIpc) is 2.41. The fourth-order valence-corrected chi connectivity index (χ4v) is 1.96. The Morgan fingerprint density at radius 2 is 1.85 bits per heavy atom. The van der Waals surface area contributed by atoms with Gasteiger partial charge in [0.05, 0.1) is 6.42 Å². The zero-order valence-corrected chi connectivity index (χ0v) is 12.1. The number of carbonyl (C=O) groups is 2. The Labute approximate surface area is 119 Å². The number of ether oxygens (including phenoxy) is 1. The van der Waals surface area contributed by atoms with Crippen LogP contribution in [0.25, 0.3) is 0 Å². The molecule has 0 bridgehead atoms. The highest BCUT2D eigenvalue weighted by Gasteiger charge is 2.21. The molecule has 1 rings (SSSR count). The Bertz CT molecular complexity index is 469. The summed E-state index contributed by atoms with van der Waals surface area (Å²) in [4.78, 5) is 24.6. The maximum Gasteiger partial charge on any atom is 0.307 e. The van der Waals surface area contributed by atoms with Crippen LogP contribution in [0, 0.1) is 0 Å². The SMILES string of the molecule is CCN(CC)C(=O)C(C)Oc1ccccc1CC(=O)O. The van der Waals surface area contributed by atoms with E-state index in [9.17, 15) is 9.59 Å². The lowest BCUT2D eigenvalue weighted by Gasteiger charge is -2.24. The molecule has 0 aliphatic carbocycles. The van der Waals surface area contributed by atoms with Crippen molar-refractivity contribution in [1.29, 1.82) is 0 Å². The number of amides is 1. The van der Waals surface area contributed by atoms with E-state index in [2.05, 4.69) is 0 Å². The molecule has 1 atom stereocenters. The molecule has 1 N–H and O–H groups in total. The lowest BCUT2D eigenvalue weighted by atomic mass is 10.1. The van der Waals surface area contributed by atoms with E-state index in [4.69, 9.17) is 9.84 Å². The summed E-state index contributed by atoms with van der Waals surface area (Å²) in [6.45, 7) is 6.75. The highest BCUT2D eigenvalue weighted by atomic mass is 16.5. The minimum absolute atomic E-state index is 0.0971. The van der Waals surface area contributed by atoms with E-state index in [1.165, 1.54) is 0 Å². The summed E-state index contributed by atoms with van der Waals surface area (Å²) in [5, 5.41) is 8.87. The van der Waals surface area contributed by atoms with Crippen molar-refractivity contribution in [2.75, 3.05) is 13.1 Å². The zero-order chi connectivity index (χ0) is 15.1. The monoisotopic (exact) mass is 279 g/mol. The van der Waals surface area contributed by atoms with Crippen molar-refractivity contribution in [3.8, 4) is 5.75 Å². The molecule has 1 unspecified atom stereocenters. The summed E-state index contributed by atoms with van der Waals surface area (Å²) < 4.78 is 5.64. The van der Waals surface area contributed by atoms with Crippen molar-refractivity contribution < 1.29 is 19.4 Å². The molecular formula is C15H21NO4. The quantitative estimate of drug-likeness (QED) is 0.828. The number of carbonyl (C=O) groups excluding carboxylic acids is 1. The largest absolute Gasteiger partial charge is 0.481 e. The summed E-state index contributed by atoms with van der Waals surface area (Å²) in [5.41, 5.74) is 0.569. The molecule has 110 valence electrons. The van der Waals surface area contributed by atoms with Crippen molar-refractivity contribution in [2.24, 2.45) is 0 Å². The van der Waals surface area contributed by atoms with Crippen molar-refractivity contribution in [3.05, 3.63) is 29.8 Å². The number of hydrogen-bond acceptors (Lipinski definition) is 3. The fraction of sp³-hybridized carbons (Fsp3) is 0.467. The predicted octanol–water partition coefficient (Wildman–Crippen LogP) is 1.95. The van der Waals surface area contributed by atoms with Gasteiger partial charge in [-0.1, -0.05) is 18.2 Å². The number of nitrogens with zero attached hydrogens (tertiary/aromatic N) is 1. The summed E-state index contributed by atoms with van der Waals surface area (Å²) >= 11 is 0. The first kappa shape index (κ1) is 16.0. The molecule has 0 aliphatic heterocycles. The van der Waals surface area contributed by atoms with Crippen LogP contribution < -0.4 is 4.74 Å². The Balaban J connectivity index is 2.82. The first-order chi connectivity index (χ1) is 9.49. The maximum absolute atomic E-state index is 12.1. The number of benzene rings is 1. The smallest absolute Gasteiger partial charge is 0.307 e. The number of rotatable bonds is 7. The van der Waals surface area contributed by atoms with Gasteiger partial charge in [0, 0.05) is 18.7 Å². The molecule has 0 aromatic heterocycles. The minimum Gasteiger partial charge on any atom is -0.481 e. The second kappa shape index (κ2) is 7.53. The number of carboxylic acid groups (broad SMARTS) is 1. The van der Waals surface area contributed by atoms with Crippen LogP contribution >= 0.6 is 0 Å². The topological polar surface area (TPSA) is 66.8 Å². The predicted molar refractivity (Wildman–Crippen MR) is 75.8 cm³/mol. The first-order valence-electron chi connectivity index (χ1n) is 6.74. The van der Waals surface area contributed by atoms with Gasteiger partial charge in [0.2, 0.25) is 0 Å². The van der Waals surface area contributed by atoms with E-state index >= 15 is 0 Å². The van der Waals surface area contributed by atoms with Crippen LogP contribution in [-0.2, 0) is 16.0 Å². The Kier molecular flexibility index (Phi) is 6.03. The first-order valence-corrected chi connectivity index (χ1v) is 6.74. The molecule has 0 aliphatic rings. The van der Waals surface area contributed by atoms with E-state index in [1.54, 1.807) is 36.1 Å². The van der Waals surface area contributed by atoms with Gasteiger partial charge < -0.3 is 14.7 Å². The Morgan fingerprint density at radius 3 is 2.40 bits per heavy atom. The van der Waals surface area contributed by atoms with Gasteiger partial charge >= 0.3 is 5.97 Å². The van der Waals surface area contributed by atoms with Crippen molar-refractivity contribution >= 4 is 11.9 Å². The van der Waals surface area contributed by atoms with Crippen LogP contribution in [0.2, 0.25) is 0 Å². The normalized spacial score (nSPS) is 11.8. The van der Waals surface area contributed by atoms with Gasteiger partial charge in [0.1, 0.15) is 5.75 Å². The number of carboxylic acids is 1. The van der Waals surface area contributed by atoms with Gasteiger partial charge in [0.15, 0.2) is 6.10 Å². The molecule has 5 nitrogen and oxygen atoms in total. The van der Waals surface area contributed by atoms with Gasteiger partial charge in [-0.15, -0.1) is 0 Å². The van der Waals surface area contributed by atoms with Gasteiger partial charge in [-0.05, 0) is 26.8 Å². The third-order valence-electron chi connectivity index (χ3n) is 3.04. The second-order valence-electron chi connectivity index (χ2n) is 4.45. The van der Waals surface area contributed by atoms with E-state index in [-0.39, 0.29) is 12.3 Å². The number of hydrogen-bond donors (Lipinski definition) is 1. The summed E-state index contributed by atoms with van der Waals surface area (Å²) in [5.74, 6) is -0.577. The molecular weight excluding hydrogens is 258 g/mol. The van der Waals surface area contributed by atoms with Crippen LogP contribution in [-0.4, -0.2) is 41.1 Å². The molecule has 0 saturated carbocycles. The van der Waals surface area contributed by atoms with Gasteiger partial charge in [-0.3, -0.25) is 9.59 Å². The molecule has 1 aromatic rings. The molecule has 1 aromatic carbocycles. The van der Waals surface area contributed by atoms with E-state index in [0.717, 1.165) is 0 Å². The number of likely N-dealkylation sites (N-methyl/N-ethyl adjacent to an activating group) is 1. The number of aliphatic carboxylic acids is 1. The summed E-state index contributed by atoms with van der Waals surface area (Å²) in [7, 11) is 0. The van der Waals surface area contributed by atoms with Crippen molar-refractivity contribution in [3.63, 3.8) is 0 Å². The fourth-order valence-electron chi connectivity index (χ4n) is 1.96. The third kappa shape index (κ3) is 4.26. The Morgan fingerprint density at radius 1 is 1.25 bits per heavy atom. The molecule has 20 heavy (non-hydrogen) atoms. The number of para-hydroxylation sites is 1. The molecule has 0 fully saturated rings. The Hall–Kier alpha value is -2.04. The average molecular weight is 279 g/mol. The summed E-state index contributed by atoms with van der Waals surface area (Å²) in [6.07, 6.45) is -0.757. The van der Waals surface area contributed by atoms with Crippen molar-refractivity contribution in [1.82, 2.24) is 4.90 Å². The molecule has 0 spiro atoms. The molecule has 0 heterocycles. The van der Waals surface area contributed by atoms with E-state index < -0.39 is 12.1 Å². The van der Waals surface area contributed by atoms with Crippen LogP contribution in [0.1, 0.15) is 26.3 Å². The van der Waals surface area contributed by atoms with Gasteiger partial charge in [-0.25, -0.2) is 0 Å². The summed E-state index contributed by atoms with van der Waals surface area (Å²) in [6, 6.07) is 6.89. The highest BCUT2D eigenvalue weighted by molar-refractivity contribution is 5.81. The molecule has 1 amide bonds. The third-order valence-corrected chi connectivity index (χ3v) is 3.04. The second-order valence-corrected chi connectivity index (χ2v) is 4.45.